The lowest BCUT2D eigenvalue weighted by atomic mass is 9.89. The topological polar surface area (TPSA) is 110 Å². The summed E-state index contributed by atoms with van der Waals surface area (Å²) < 4.78 is 174. The molecule has 0 aliphatic heterocycles. The number of nitrogens with two attached hydrogens (primary N) is 2. The van der Waals surface area contributed by atoms with E-state index in [4.69, 9.17) is 11.5 Å². The maximum atomic E-state index is 13.4. The van der Waals surface area contributed by atoms with Crippen molar-refractivity contribution in [1.29, 1.82) is 0 Å². The Kier molecular flexibility index (Phi) is 7.61. The quantitative estimate of drug-likeness (QED) is 0.286. The predicted molar refractivity (Wildman–Crippen MR) is 108 cm³/mol. The average molecular weight is 592 g/mol. The van der Waals surface area contributed by atoms with Crippen LogP contribution >= 0.6 is 0 Å². The van der Waals surface area contributed by atoms with Gasteiger partial charge in [0.1, 0.15) is 0 Å². The van der Waals surface area contributed by atoms with Crippen molar-refractivity contribution in [2.24, 2.45) is 0 Å². The zero-order valence-corrected chi connectivity index (χ0v) is 19.5. The number of alkyl halides is 12. The van der Waals surface area contributed by atoms with Crippen molar-refractivity contribution in [1.82, 2.24) is 0 Å². The summed E-state index contributed by atoms with van der Waals surface area (Å²) in [5.74, 6) is 0. The van der Waals surface area contributed by atoms with Crippen molar-refractivity contribution >= 4 is 22.2 Å². The maximum Gasteiger partial charge on any atom is 0.430 e. The van der Waals surface area contributed by atoms with Gasteiger partial charge in [-0.05, 0) is 49.2 Å². The van der Waals surface area contributed by atoms with E-state index in [1.54, 1.807) is 0 Å². The fourth-order valence-electron chi connectivity index (χ4n) is 3.41. The molecule has 2 rings (SSSR count). The van der Waals surface area contributed by atoms with Gasteiger partial charge in [0.25, 0.3) is 11.2 Å². The van der Waals surface area contributed by atoms with Gasteiger partial charge in [-0.3, -0.25) is 0 Å². The summed E-state index contributed by atoms with van der Waals surface area (Å²) in [6.07, 6.45) is -25.7. The molecule has 0 saturated heterocycles. The van der Waals surface area contributed by atoms with Crippen LogP contribution in [0.15, 0.2) is 34.1 Å². The SMILES string of the molecule is Cc1cc(S(=O)c2cc(C)c(N)c(C(O)(C(F)(F)F)C(F)(F)F)c2)cc(C(O)(C(F)(F)F)C(F)(F)F)c1N. The van der Waals surface area contributed by atoms with Gasteiger partial charge in [-0.15, -0.1) is 0 Å². The molecule has 2 aromatic rings. The fraction of sp³-hybridized carbons (Fsp3) is 0.400. The van der Waals surface area contributed by atoms with Gasteiger partial charge < -0.3 is 21.7 Å². The lowest BCUT2D eigenvalue weighted by molar-refractivity contribution is -0.376. The first-order chi connectivity index (χ1) is 16.7. The molecule has 0 aliphatic carbocycles. The van der Waals surface area contributed by atoms with E-state index in [0.717, 1.165) is 13.8 Å². The Hall–Kier alpha value is -2.73. The predicted octanol–water partition coefficient (Wildman–Crippen LogP) is 5.26. The van der Waals surface area contributed by atoms with Gasteiger partial charge in [0.05, 0.1) is 10.8 Å². The Morgan fingerprint density at radius 2 is 0.816 bits per heavy atom. The number of rotatable bonds is 4. The van der Waals surface area contributed by atoms with Gasteiger partial charge in [-0.1, -0.05) is 0 Å². The normalized spacial score (nSPS) is 14.3. The van der Waals surface area contributed by atoms with E-state index in [1.165, 1.54) is 0 Å². The molecule has 18 heteroatoms. The van der Waals surface area contributed by atoms with Crippen LogP contribution < -0.4 is 11.5 Å². The molecular weight excluding hydrogens is 576 g/mol. The Labute approximate surface area is 207 Å². The minimum Gasteiger partial charge on any atom is -0.398 e. The van der Waals surface area contributed by atoms with E-state index in [0.29, 0.717) is 12.1 Å². The van der Waals surface area contributed by atoms with Gasteiger partial charge >= 0.3 is 24.7 Å². The van der Waals surface area contributed by atoms with Crippen LogP contribution in [0, 0.1) is 13.8 Å². The van der Waals surface area contributed by atoms with Gasteiger partial charge in [0, 0.05) is 32.3 Å². The lowest BCUT2D eigenvalue weighted by Crippen LogP contribution is -2.54. The average Bonchev–Trinajstić information content (AvgIpc) is 2.72. The highest BCUT2D eigenvalue weighted by molar-refractivity contribution is 7.85. The minimum absolute atomic E-state index is 0.0928. The molecule has 0 bridgehead atoms. The van der Waals surface area contributed by atoms with Crippen LogP contribution in [-0.4, -0.2) is 39.1 Å². The summed E-state index contributed by atoms with van der Waals surface area (Å²) in [7, 11) is -3.08. The van der Waals surface area contributed by atoms with Crippen molar-refractivity contribution in [3.63, 3.8) is 0 Å². The second kappa shape index (κ2) is 9.18. The molecule has 0 atom stereocenters. The molecule has 2 aromatic carbocycles. The highest BCUT2D eigenvalue weighted by atomic mass is 32.2. The van der Waals surface area contributed by atoms with Crippen LogP contribution in [-0.2, 0) is 22.0 Å². The third-order valence-corrected chi connectivity index (χ3v) is 6.90. The summed E-state index contributed by atoms with van der Waals surface area (Å²) in [6, 6.07) is 1.11. The van der Waals surface area contributed by atoms with E-state index in [-0.39, 0.29) is 12.1 Å². The van der Waals surface area contributed by atoms with Gasteiger partial charge in [-0.2, -0.15) is 52.7 Å². The standard InChI is InChI=1S/C20H16F12N2O3S/c1-7-3-9(5-11(13(7)33)15(35,17(21,22)23)18(24,25)26)38(37)10-4-8(2)14(34)12(6-10)16(36,19(27,28)29)20(30,31)32/h3-6,35-36H,33-34H2,1-2H3. The number of aliphatic hydroxyl groups is 2. The Bertz CT molecular complexity index is 1140. The first-order valence-corrected chi connectivity index (χ1v) is 10.8. The monoisotopic (exact) mass is 592 g/mol. The van der Waals surface area contributed by atoms with E-state index in [2.05, 4.69) is 0 Å². The summed E-state index contributed by atoms with van der Waals surface area (Å²) in [5.41, 5.74) is -8.27. The second-order valence-corrected chi connectivity index (χ2v) is 9.56. The summed E-state index contributed by atoms with van der Waals surface area (Å²) in [6.45, 7) is 1.69. The molecule has 0 aliphatic rings. The van der Waals surface area contributed by atoms with Crippen molar-refractivity contribution in [2.75, 3.05) is 11.5 Å². The molecule has 0 fully saturated rings. The Balaban J connectivity index is 2.90. The van der Waals surface area contributed by atoms with Crippen LogP contribution in [0.2, 0.25) is 0 Å². The summed E-state index contributed by atoms with van der Waals surface area (Å²) in [4.78, 5) is -2.03. The molecule has 0 heterocycles. The molecule has 214 valence electrons. The smallest absolute Gasteiger partial charge is 0.398 e. The first-order valence-electron chi connectivity index (χ1n) is 9.68. The highest BCUT2D eigenvalue weighted by Crippen LogP contribution is 2.54. The molecule has 0 aromatic heterocycles. The van der Waals surface area contributed by atoms with Crippen LogP contribution in [0.25, 0.3) is 0 Å². The van der Waals surface area contributed by atoms with Crippen LogP contribution in [0.1, 0.15) is 22.3 Å². The summed E-state index contributed by atoms with van der Waals surface area (Å²) in [5, 5.41) is 19.4. The third kappa shape index (κ3) is 4.76. The van der Waals surface area contributed by atoms with Crippen molar-refractivity contribution < 1.29 is 67.1 Å². The molecular formula is C20H16F12N2O3S. The van der Waals surface area contributed by atoms with Crippen LogP contribution in [0.3, 0.4) is 0 Å². The van der Waals surface area contributed by atoms with Crippen molar-refractivity contribution in [2.45, 2.75) is 59.5 Å². The molecule has 0 radical (unpaired) electrons. The Morgan fingerprint density at radius 1 is 0.579 bits per heavy atom. The minimum atomic E-state index is -6.42. The fourth-order valence-corrected chi connectivity index (χ4v) is 4.70. The van der Waals surface area contributed by atoms with Gasteiger partial charge in [-0.25, -0.2) is 4.21 Å². The molecule has 0 amide bonds. The van der Waals surface area contributed by atoms with Crippen molar-refractivity contribution in [3.05, 3.63) is 46.5 Å². The van der Waals surface area contributed by atoms with Gasteiger partial charge in [0.15, 0.2) is 0 Å². The van der Waals surface area contributed by atoms with Crippen LogP contribution in [0.5, 0.6) is 0 Å². The largest absolute Gasteiger partial charge is 0.430 e. The summed E-state index contributed by atoms with van der Waals surface area (Å²) >= 11 is 0. The first kappa shape index (κ1) is 31.5. The lowest BCUT2D eigenvalue weighted by Gasteiger charge is -2.34. The number of hydrogen-bond donors (Lipinski definition) is 4. The highest BCUT2D eigenvalue weighted by Gasteiger charge is 2.73. The van der Waals surface area contributed by atoms with E-state index < -0.39 is 90.1 Å². The number of hydrogen-bond acceptors (Lipinski definition) is 5. The van der Waals surface area contributed by atoms with E-state index in [1.807, 2.05) is 0 Å². The maximum absolute atomic E-state index is 13.4. The molecule has 0 saturated carbocycles. The molecule has 0 spiro atoms. The second-order valence-electron chi connectivity index (χ2n) is 8.08. The Morgan fingerprint density at radius 3 is 1.03 bits per heavy atom. The zero-order chi connectivity index (χ0) is 30.0. The number of halogens is 12. The number of aryl methyl sites for hydroxylation is 2. The molecule has 0 unspecified atom stereocenters. The number of nitrogen functional groups attached to an aromatic ring is 2. The van der Waals surface area contributed by atoms with E-state index >= 15 is 0 Å². The van der Waals surface area contributed by atoms with Crippen molar-refractivity contribution in [3.8, 4) is 0 Å². The van der Waals surface area contributed by atoms with E-state index in [9.17, 15) is 67.1 Å². The third-order valence-electron chi connectivity index (χ3n) is 5.57. The zero-order valence-electron chi connectivity index (χ0n) is 18.7. The number of anilines is 2. The molecule has 38 heavy (non-hydrogen) atoms. The number of benzene rings is 2. The van der Waals surface area contributed by atoms with Gasteiger partial charge in [0.2, 0.25) is 0 Å². The molecule has 5 nitrogen and oxygen atoms in total. The molecule has 6 N–H and O–H groups in total. The van der Waals surface area contributed by atoms with Crippen LogP contribution in [0.4, 0.5) is 64.1 Å².